The van der Waals surface area contributed by atoms with Crippen LogP contribution in [0.1, 0.15) is 34.1 Å². The molecule has 1 fully saturated rings. The first kappa shape index (κ1) is 22.6. The molecule has 2 heterocycles. The summed E-state index contributed by atoms with van der Waals surface area (Å²) in [6.45, 7) is 1.33. The number of carbonyl (C=O) groups is 1. The number of para-hydroxylation sites is 2. The third-order valence-electron chi connectivity index (χ3n) is 6.32. The summed E-state index contributed by atoms with van der Waals surface area (Å²) >= 11 is 1.74. The van der Waals surface area contributed by atoms with Crippen molar-refractivity contribution in [1.29, 1.82) is 0 Å². The number of piperidine rings is 1. The van der Waals surface area contributed by atoms with E-state index in [0.717, 1.165) is 23.4 Å². The van der Waals surface area contributed by atoms with Crippen LogP contribution in [0, 0.1) is 0 Å². The Kier molecular flexibility index (Phi) is 6.10. The summed E-state index contributed by atoms with van der Waals surface area (Å²) in [7, 11) is -2.18. The topological polar surface area (TPSA) is 70.6 Å². The first-order valence-electron chi connectivity index (χ1n) is 11.2. The molecule has 0 spiro atoms. The molecule has 1 aromatic heterocycles. The van der Waals surface area contributed by atoms with Gasteiger partial charge >= 0.3 is 0 Å². The van der Waals surface area contributed by atoms with E-state index in [-0.39, 0.29) is 10.8 Å². The number of aromatic nitrogens is 1. The number of sulfonamides is 1. The van der Waals surface area contributed by atoms with E-state index in [1.807, 2.05) is 29.2 Å². The SMILES string of the molecule is CN(c1ccccc1)S(=O)(=O)c1ccc(C(=O)N2CCC(c3nc4ccccc4s3)CC2)cc1. The van der Waals surface area contributed by atoms with Gasteiger partial charge in [0.1, 0.15) is 0 Å². The highest BCUT2D eigenvalue weighted by molar-refractivity contribution is 7.92. The maximum Gasteiger partial charge on any atom is 0.264 e. The second-order valence-corrected chi connectivity index (χ2v) is 11.5. The van der Waals surface area contributed by atoms with E-state index in [1.54, 1.807) is 47.7 Å². The standard InChI is InChI=1S/C26H25N3O3S2/c1-28(21-7-3-2-4-8-21)34(31,32)22-13-11-20(12-14-22)26(30)29-17-15-19(16-18-29)25-27-23-9-5-6-10-24(23)33-25/h2-14,19H,15-18H2,1H3. The van der Waals surface area contributed by atoms with Crippen LogP contribution in [0.2, 0.25) is 0 Å². The molecule has 0 radical (unpaired) electrons. The quantitative estimate of drug-likeness (QED) is 0.388. The molecule has 174 valence electrons. The predicted molar refractivity (Wildman–Crippen MR) is 136 cm³/mol. The number of thiazole rings is 1. The van der Waals surface area contributed by atoms with Gasteiger partial charge in [0.15, 0.2) is 0 Å². The summed E-state index contributed by atoms with van der Waals surface area (Å²) < 4.78 is 28.4. The lowest BCUT2D eigenvalue weighted by molar-refractivity contribution is 0.0713. The fourth-order valence-corrected chi connectivity index (χ4v) is 6.61. The van der Waals surface area contributed by atoms with Gasteiger partial charge < -0.3 is 4.90 Å². The van der Waals surface area contributed by atoms with Gasteiger partial charge in [-0.3, -0.25) is 9.10 Å². The molecule has 3 aromatic carbocycles. The fraction of sp³-hybridized carbons (Fsp3) is 0.231. The number of carbonyl (C=O) groups excluding carboxylic acids is 1. The van der Waals surface area contributed by atoms with Crippen LogP contribution in [0.4, 0.5) is 5.69 Å². The summed E-state index contributed by atoms with van der Waals surface area (Å²) in [4.78, 5) is 19.8. The van der Waals surface area contributed by atoms with Gasteiger partial charge in [-0.15, -0.1) is 11.3 Å². The van der Waals surface area contributed by atoms with Crippen molar-refractivity contribution in [2.24, 2.45) is 0 Å². The lowest BCUT2D eigenvalue weighted by atomic mass is 9.97. The van der Waals surface area contributed by atoms with Gasteiger partial charge in [0.05, 0.1) is 25.8 Å². The van der Waals surface area contributed by atoms with Crippen LogP contribution >= 0.6 is 11.3 Å². The third-order valence-corrected chi connectivity index (χ3v) is 9.32. The van der Waals surface area contributed by atoms with Crippen molar-refractivity contribution >= 4 is 43.2 Å². The molecule has 1 saturated heterocycles. The molecule has 6 nitrogen and oxygen atoms in total. The average molecular weight is 492 g/mol. The molecule has 0 unspecified atom stereocenters. The zero-order valence-corrected chi connectivity index (χ0v) is 20.4. The van der Waals surface area contributed by atoms with Gasteiger partial charge in [-0.2, -0.15) is 0 Å². The first-order chi connectivity index (χ1) is 16.4. The Labute approximate surface area is 203 Å². The monoisotopic (exact) mass is 491 g/mol. The van der Waals surface area contributed by atoms with E-state index >= 15 is 0 Å². The Balaban J connectivity index is 1.25. The zero-order valence-electron chi connectivity index (χ0n) is 18.8. The lowest BCUT2D eigenvalue weighted by Crippen LogP contribution is -2.37. The minimum atomic E-state index is -3.71. The van der Waals surface area contributed by atoms with Crippen LogP contribution in [0.25, 0.3) is 10.2 Å². The van der Waals surface area contributed by atoms with E-state index in [4.69, 9.17) is 4.98 Å². The molecule has 0 bridgehead atoms. The van der Waals surface area contributed by atoms with E-state index in [1.165, 1.54) is 28.2 Å². The second-order valence-electron chi connectivity index (χ2n) is 8.42. The second kappa shape index (κ2) is 9.19. The number of hydrogen-bond donors (Lipinski definition) is 0. The Morgan fingerprint density at radius 3 is 2.26 bits per heavy atom. The minimum Gasteiger partial charge on any atom is -0.339 e. The van der Waals surface area contributed by atoms with Gasteiger partial charge in [0, 0.05) is 31.6 Å². The molecule has 5 rings (SSSR count). The van der Waals surface area contributed by atoms with Crippen molar-refractivity contribution in [2.45, 2.75) is 23.7 Å². The zero-order chi connectivity index (χ0) is 23.7. The van der Waals surface area contributed by atoms with Crippen LogP contribution in [0.3, 0.4) is 0 Å². The molecule has 1 aliphatic rings. The highest BCUT2D eigenvalue weighted by Gasteiger charge is 2.27. The molecule has 4 aromatic rings. The lowest BCUT2D eigenvalue weighted by Gasteiger charge is -2.31. The minimum absolute atomic E-state index is 0.0666. The molecule has 1 amide bonds. The first-order valence-corrected chi connectivity index (χ1v) is 13.5. The smallest absolute Gasteiger partial charge is 0.264 e. The Morgan fingerprint density at radius 2 is 1.59 bits per heavy atom. The maximum absolute atomic E-state index is 13.1. The molecule has 8 heteroatoms. The number of amides is 1. The number of nitrogens with zero attached hydrogens (tertiary/aromatic N) is 3. The van der Waals surface area contributed by atoms with Crippen molar-refractivity contribution in [2.75, 3.05) is 24.4 Å². The molecule has 0 saturated carbocycles. The highest BCUT2D eigenvalue weighted by Crippen LogP contribution is 2.34. The van der Waals surface area contributed by atoms with Crippen molar-refractivity contribution in [3.63, 3.8) is 0 Å². The average Bonchev–Trinajstić information content (AvgIpc) is 3.33. The van der Waals surface area contributed by atoms with Gasteiger partial charge in [-0.25, -0.2) is 13.4 Å². The Morgan fingerprint density at radius 1 is 0.941 bits per heavy atom. The van der Waals surface area contributed by atoms with Gasteiger partial charge in [0.25, 0.3) is 15.9 Å². The number of rotatable bonds is 5. The predicted octanol–water partition coefficient (Wildman–Crippen LogP) is 5.14. The molecule has 34 heavy (non-hydrogen) atoms. The third kappa shape index (κ3) is 4.31. The Hall–Kier alpha value is -3.23. The van der Waals surface area contributed by atoms with E-state index in [2.05, 4.69) is 6.07 Å². The number of benzene rings is 3. The van der Waals surface area contributed by atoms with Crippen LogP contribution < -0.4 is 4.31 Å². The van der Waals surface area contributed by atoms with Crippen molar-refractivity contribution in [3.8, 4) is 0 Å². The van der Waals surface area contributed by atoms with Crippen LogP contribution in [-0.2, 0) is 10.0 Å². The summed E-state index contributed by atoms with van der Waals surface area (Å²) in [5.41, 5.74) is 2.12. The number of anilines is 1. The molecular formula is C26H25N3O3S2. The van der Waals surface area contributed by atoms with Crippen LogP contribution in [0.15, 0.2) is 83.8 Å². The van der Waals surface area contributed by atoms with E-state index < -0.39 is 10.0 Å². The Bertz CT molecular complexity index is 1380. The highest BCUT2D eigenvalue weighted by atomic mass is 32.2. The van der Waals surface area contributed by atoms with Crippen molar-refractivity contribution < 1.29 is 13.2 Å². The normalized spacial score (nSPS) is 14.9. The summed E-state index contributed by atoms with van der Waals surface area (Å²) in [6, 6.07) is 23.3. The van der Waals surface area contributed by atoms with Crippen LogP contribution in [0.5, 0.6) is 0 Å². The van der Waals surface area contributed by atoms with E-state index in [0.29, 0.717) is 30.3 Å². The van der Waals surface area contributed by atoms with Gasteiger partial charge in [-0.1, -0.05) is 30.3 Å². The molecule has 0 N–H and O–H groups in total. The van der Waals surface area contributed by atoms with E-state index in [9.17, 15) is 13.2 Å². The summed E-state index contributed by atoms with van der Waals surface area (Å²) in [5, 5.41) is 1.14. The number of hydrogen-bond acceptors (Lipinski definition) is 5. The number of fused-ring (bicyclic) bond motifs is 1. The summed E-state index contributed by atoms with van der Waals surface area (Å²) in [5.74, 6) is 0.297. The van der Waals surface area contributed by atoms with Crippen molar-refractivity contribution in [1.82, 2.24) is 9.88 Å². The number of likely N-dealkylation sites (tertiary alicyclic amines) is 1. The molecule has 1 aliphatic heterocycles. The maximum atomic E-state index is 13.1. The van der Waals surface area contributed by atoms with Gasteiger partial charge in [0.2, 0.25) is 0 Å². The summed E-state index contributed by atoms with van der Waals surface area (Å²) in [6.07, 6.45) is 1.75. The van der Waals surface area contributed by atoms with Crippen molar-refractivity contribution in [3.05, 3.63) is 89.4 Å². The molecule has 0 aliphatic carbocycles. The molecular weight excluding hydrogens is 466 g/mol. The van der Waals surface area contributed by atoms with Crippen LogP contribution in [-0.4, -0.2) is 44.3 Å². The molecule has 0 atom stereocenters. The van der Waals surface area contributed by atoms with Gasteiger partial charge in [-0.05, 0) is 61.4 Å². The largest absolute Gasteiger partial charge is 0.339 e. The fourth-order valence-electron chi connectivity index (χ4n) is 4.28.